The molecule has 0 aliphatic carbocycles. The predicted molar refractivity (Wildman–Crippen MR) is 48.3 cm³/mol. The van der Waals surface area contributed by atoms with E-state index < -0.39 is 24.1 Å². The third kappa shape index (κ3) is 3.19. The molecule has 0 aliphatic heterocycles. The number of rotatable bonds is 2. The molecule has 1 aromatic rings. The lowest BCUT2D eigenvalue weighted by molar-refractivity contribution is -0.139. The Balaban J connectivity index is 3.20. The summed E-state index contributed by atoms with van der Waals surface area (Å²) >= 11 is 2.80. The van der Waals surface area contributed by atoms with Gasteiger partial charge in [-0.1, -0.05) is 0 Å². The molecule has 0 unspecified atom stereocenters. The van der Waals surface area contributed by atoms with Gasteiger partial charge >= 0.3 is 12.1 Å². The van der Waals surface area contributed by atoms with E-state index in [-0.39, 0.29) is 10.2 Å². The second kappa shape index (κ2) is 4.18. The Morgan fingerprint density at radius 3 is 2.60 bits per heavy atom. The number of pyridine rings is 1. The lowest BCUT2D eigenvalue weighted by Gasteiger charge is -2.11. The van der Waals surface area contributed by atoms with Crippen LogP contribution in [0, 0.1) is 0 Å². The van der Waals surface area contributed by atoms with Crippen LogP contribution in [0.3, 0.4) is 0 Å². The van der Waals surface area contributed by atoms with Crippen molar-refractivity contribution < 1.29 is 23.1 Å². The quantitative estimate of drug-likeness (QED) is 0.849. The van der Waals surface area contributed by atoms with E-state index in [9.17, 15) is 18.0 Å². The van der Waals surface area contributed by atoms with Crippen LogP contribution in [0.15, 0.2) is 16.9 Å². The lowest BCUT2D eigenvalue weighted by atomic mass is 10.1. The van der Waals surface area contributed by atoms with Crippen molar-refractivity contribution in [3.05, 3.63) is 28.0 Å². The van der Waals surface area contributed by atoms with Crippen LogP contribution in [-0.4, -0.2) is 16.1 Å². The topological polar surface area (TPSA) is 50.2 Å². The summed E-state index contributed by atoms with van der Waals surface area (Å²) in [5, 5.41) is 8.42. The Labute approximate surface area is 91.1 Å². The molecule has 0 atom stereocenters. The van der Waals surface area contributed by atoms with Crippen LogP contribution in [0.4, 0.5) is 13.2 Å². The van der Waals surface area contributed by atoms with E-state index in [1.807, 2.05) is 0 Å². The molecule has 1 N–H and O–H groups in total. The van der Waals surface area contributed by atoms with Gasteiger partial charge in [0.05, 0.1) is 12.0 Å². The predicted octanol–water partition coefficient (Wildman–Crippen LogP) is 2.49. The summed E-state index contributed by atoms with van der Waals surface area (Å²) in [6.07, 6.45) is -4.37. The van der Waals surface area contributed by atoms with Crippen molar-refractivity contribution in [2.45, 2.75) is 12.6 Å². The second-order valence-corrected chi connectivity index (χ2v) is 3.54. The Bertz CT molecular complexity index is 392. The first kappa shape index (κ1) is 12.0. The third-order valence-electron chi connectivity index (χ3n) is 1.60. The third-order valence-corrected chi connectivity index (χ3v) is 2.03. The van der Waals surface area contributed by atoms with E-state index in [1.54, 1.807) is 0 Å². The van der Waals surface area contributed by atoms with E-state index >= 15 is 0 Å². The zero-order valence-corrected chi connectivity index (χ0v) is 8.76. The summed E-state index contributed by atoms with van der Waals surface area (Å²) in [5.74, 6) is -1.33. The van der Waals surface area contributed by atoms with Crippen molar-refractivity contribution in [3.8, 4) is 0 Å². The summed E-state index contributed by atoms with van der Waals surface area (Å²) in [6, 6.07) is 0.762. The maximum Gasteiger partial charge on any atom is 0.416 e. The largest absolute Gasteiger partial charge is 0.481 e. The Kier molecular flexibility index (Phi) is 3.33. The summed E-state index contributed by atoms with van der Waals surface area (Å²) in [6.45, 7) is 0. The normalized spacial score (nSPS) is 11.5. The minimum atomic E-state index is -4.57. The summed E-state index contributed by atoms with van der Waals surface area (Å²) in [4.78, 5) is 13.9. The number of halogens is 4. The zero-order valence-electron chi connectivity index (χ0n) is 7.18. The molecule has 82 valence electrons. The molecule has 3 nitrogen and oxygen atoms in total. The van der Waals surface area contributed by atoms with Crippen molar-refractivity contribution in [1.82, 2.24) is 4.98 Å². The number of carboxylic acid groups (broad SMARTS) is 1. The molecule has 0 fully saturated rings. The van der Waals surface area contributed by atoms with Crippen molar-refractivity contribution in [1.29, 1.82) is 0 Å². The highest BCUT2D eigenvalue weighted by Crippen LogP contribution is 2.33. The number of carboxylic acids is 1. The van der Waals surface area contributed by atoms with Gasteiger partial charge in [0.1, 0.15) is 4.60 Å². The number of hydrogen-bond donors (Lipinski definition) is 1. The van der Waals surface area contributed by atoms with Gasteiger partial charge < -0.3 is 5.11 Å². The lowest BCUT2D eigenvalue weighted by Crippen LogP contribution is -2.12. The van der Waals surface area contributed by atoms with E-state index in [2.05, 4.69) is 20.9 Å². The fourth-order valence-electron chi connectivity index (χ4n) is 1.03. The molecule has 7 heteroatoms. The number of hydrogen-bond acceptors (Lipinski definition) is 2. The van der Waals surface area contributed by atoms with E-state index in [1.165, 1.54) is 0 Å². The van der Waals surface area contributed by atoms with Crippen LogP contribution < -0.4 is 0 Å². The minimum Gasteiger partial charge on any atom is -0.481 e. The first-order valence-electron chi connectivity index (χ1n) is 3.74. The molecule has 0 bridgehead atoms. The molecule has 0 aliphatic rings. The van der Waals surface area contributed by atoms with Crippen LogP contribution in [0.2, 0.25) is 0 Å². The molecule has 15 heavy (non-hydrogen) atoms. The van der Waals surface area contributed by atoms with Crippen LogP contribution in [-0.2, 0) is 17.4 Å². The smallest absolute Gasteiger partial charge is 0.416 e. The standard InChI is InChI=1S/C8H5BrF3NO2/c9-6-2-5(8(10,11)12)4(3-13-6)1-7(14)15/h2-3H,1H2,(H,14,15). The van der Waals surface area contributed by atoms with E-state index in [4.69, 9.17) is 5.11 Å². The molecule has 1 heterocycles. The molecule has 0 spiro atoms. The molecule has 0 saturated carbocycles. The molecule has 1 aromatic heterocycles. The Morgan fingerprint density at radius 1 is 1.53 bits per heavy atom. The van der Waals surface area contributed by atoms with Gasteiger partial charge in [-0.3, -0.25) is 4.79 Å². The molecular formula is C8H5BrF3NO2. The maximum absolute atomic E-state index is 12.4. The highest BCUT2D eigenvalue weighted by atomic mass is 79.9. The summed E-state index contributed by atoms with van der Waals surface area (Å²) < 4.78 is 37.3. The van der Waals surface area contributed by atoms with Gasteiger partial charge in [0.25, 0.3) is 0 Å². The molecule has 1 rings (SSSR count). The molecule has 0 saturated heterocycles. The molecule has 0 amide bonds. The van der Waals surface area contributed by atoms with Gasteiger partial charge in [-0.2, -0.15) is 13.2 Å². The van der Waals surface area contributed by atoms with Crippen LogP contribution in [0.25, 0.3) is 0 Å². The number of aliphatic carboxylic acids is 1. The van der Waals surface area contributed by atoms with Crippen LogP contribution >= 0.6 is 15.9 Å². The maximum atomic E-state index is 12.4. The summed E-state index contributed by atoms with van der Waals surface area (Å²) in [5.41, 5.74) is -1.33. The van der Waals surface area contributed by atoms with Crippen molar-refractivity contribution in [3.63, 3.8) is 0 Å². The number of carbonyl (C=O) groups is 1. The average molecular weight is 284 g/mol. The molecule has 0 aromatic carbocycles. The van der Waals surface area contributed by atoms with Gasteiger partial charge in [0.2, 0.25) is 0 Å². The minimum absolute atomic E-state index is 0.0176. The van der Waals surface area contributed by atoms with Gasteiger partial charge in [0, 0.05) is 6.20 Å². The van der Waals surface area contributed by atoms with E-state index in [0.717, 1.165) is 12.3 Å². The first-order chi connectivity index (χ1) is 6.80. The molecular weight excluding hydrogens is 279 g/mol. The van der Waals surface area contributed by atoms with Crippen molar-refractivity contribution >= 4 is 21.9 Å². The highest BCUT2D eigenvalue weighted by Gasteiger charge is 2.34. The fourth-order valence-corrected chi connectivity index (χ4v) is 1.36. The first-order valence-corrected chi connectivity index (χ1v) is 4.53. The molecule has 0 radical (unpaired) electrons. The Morgan fingerprint density at radius 2 is 2.13 bits per heavy atom. The number of aromatic nitrogens is 1. The Hall–Kier alpha value is -1.11. The summed E-state index contributed by atoms with van der Waals surface area (Å²) in [7, 11) is 0. The van der Waals surface area contributed by atoms with Crippen molar-refractivity contribution in [2.24, 2.45) is 0 Å². The van der Waals surface area contributed by atoms with E-state index in [0.29, 0.717) is 0 Å². The number of nitrogens with zero attached hydrogens (tertiary/aromatic N) is 1. The van der Waals surface area contributed by atoms with Gasteiger partial charge in [-0.25, -0.2) is 4.98 Å². The van der Waals surface area contributed by atoms with Gasteiger partial charge in [-0.15, -0.1) is 0 Å². The average Bonchev–Trinajstić information content (AvgIpc) is 2.05. The highest BCUT2D eigenvalue weighted by molar-refractivity contribution is 9.10. The van der Waals surface area contributed by atoms with Crippen LogP contribution in [0.1, 0.15) is 11.1 Å². The van der Waals surface area contributed by atoms with Crippen LogP contribution in [0.5, 0.6) is 0 Å². The zero-order chi connectivity index (χ0) is 11.6. The monoisotopic (exact) mass is 283 g/mol. The second-order valence-electron chi connectivity index (χ2n) is 2.73. The van der Waals surface area contributed by atoms with Crippen molar-refractivity contribution in [2.75, 3.05) is 0 Å². The SMILES string of the molecule is O=C(O)Cc1cnc(Br)cc1C(F)(F)F. The van der Waals surface area contributed by atoms with Gasteiger partial charge in [0.15, 0.2) is 0 Å². The van der Waals surface area contributed by atoms with Gasteiger partial charge in [-0.05, 0) is 27.6 Å². The fraction of sp³-hybridized carbons (Fsp3) is 0.250. The number of alkyl halides is 3.